The van der Waals surface area contributed by atoms with Crippen LogP contribution in [0.5, 0.6) is 11.5 Å². The molecule has 2 aromatic carbocycles. The Balaban J connectivity index is 1.86. The third-order valence-electron chi connectivity index (χ3n) is 4.96. The van der Waals surface area contributed by atoms with Gasteiger partial charge < -0.3 is 14.8 Å². The lowest BCUT2D eigenvalue weighted by atomic mass is 9.95. The Morgan fingerprint density at radius 1 is 1.03 bits per heavy atom. The quantitative estimate of drug-likeness (QED) is 0.758. The number of benzene rings is 2. The molecular formula is C22H28N2O5S. The fraction of sp³-hybridized carbons (Fsp3) is 0.409. The van der Waals surface area contributed by atoms with Crippen molar-refractivity contribution >= 4 is 15.9 Å². The minimum absolute atomic E-state index is 0.0804. The fourth-order valence-corrected chi connectivity index (χ4v) is 4.19. The number of rotatable bonds is 6. The second-order valence-corrected chi connectivity index (χ2v) is 9.92. The van der Waals surface area contributed by atoms with Gasteiger partial charge >= 0.3 is 0 Å². The highest BCUT2D eigenvalue weighted by Crippen LogP contribution is 2.34. The average molecular weight is 433 g/mol. The third-order valence-corrected chi connectivity index (χ3v) is 6.77. The van der Waals surface area contributed by atoms with Gasteiger partial charge in [-0.15, -0.1) is 0 Å². The second kappa shape index (κ2) is 9.06. The van der Waals surface area contributed by atoms with E-state index in [9.17, 15) is 13.2 Å². The van der Waals surface area contributed by atoms with Crippen molar-refractivity contribution in [2.45, 2.75) is 31.2 Å². The minimum Gasteiger partial charge on any atom is -0.490 e. The van der Waals surface area contributed by atoms with E-state index in [4.69, 9.17) is 9.47 Å². The molecule has 0 saturated carbocycles. The van der Waals surface area contributed by atoms with Crippen LogP contribution < -0.4 is 14.8 Å². The minimum atomic E-state index is -3.62. The van der Waals surface area contributed by atoms with E-state index < -0.39 is 10.0 Å². The molecule has 162 valence electrons. The summed E-state index contributed by atoms with van der Waals surface area (Å²) in [6, 6.07) is 11.5. The maximum absolute atomic E-state index is 13.0. The number of nitrogens with zero attached hydrogens (tertiary/aromatic N) is 1. The molecule has 0 fully saturated rings. The van der Waals surface area contributed by atoms with Crippen molar-refractivity contribution in [3.63, 3.8) is 0 Å². The lowest BCUT2D eigenvalue weighted by Crippen LogP contribution is -2.32. The zero-order chi connectivity index (χ0) is 21.9. The Bertz CT molecular complexity index is 1020. The molecule has 1 heterocycles. The lowest BCUT2D eigenvalue weighted by molar-refractivity contribution is 0.0925. The molecule has 30 heavy (non-hydrogen) atoms. The van der Waals surface area contributed by atoms with E-state index in [0.717, 1.165) is 16.3 Å². The summed E-state index contributed by atoms with van der Waals surface area (Å²) in [5, 5.41) is 3.04. The smallest absolute Gasteiger partial charge is 0.251 e. The van der Waals surface area contributed by atoms with Gasteiger partial charge in [0.25, 0.3) is 5.91 Å². The van der Waals surface area contributed by atoms with Crippen molar-refractivity contribution in [3.8, 4) is 11.5 Å². The molecule has 1 atom stereocenters. The number of hydrogen-bond acceptors (Lipinski definition) is 5. The first-order valence-corrected chi connectivity index (χ1v) is 11.4. The Morgan fingerprint density at radius 3 is 2.40 bits per heavy atom. The molecule has 8 heteroatoms. The highest BCUT2D eigenvalue weighted by atomic mass is 32.2. The van der Waals surface area contributed by atoms with Crippen LogP contribution >= 0.6 is 0 Å². The fourth-order valence-electron chi connectivity index (χ4n) is 3.24. The first-order valence-electron chi connectivity index (χ1n) is 9.93. The maximum Gasteiger partial charge on any atom is 0.251 e. The maximum atomic E-state index is 13.0. The highest BCUT2D eigenvalue weighted by Gasteiger charge is 2.23. The predicted octanol–water partition coefficient (Wildman–Crippen LogP) is 3.23. The summed E-state index contributed by atoms with van der Waals surface area (Å²) in [5.74, 6) is 1.14. The molecular weight excluding hydrogens is 404 g/mol. The van der Waals surface area contributed by atoms with E-state index in [1.807, 2.05) is 32.0 Å². The molecule has 1 N–H and O–H groups in total. The summed E-state index contributed by atoms with van der Waals surface area (Å²) in [4.78, 5) is 13.0. The first-order chi connectivity index (χ1) is 14.2. The van der Waals surface area contributed by atoms with Crippen LogP contribution in [0.25, 0.3) is 0 Å². The molecule has 0 saturated heterocycles. The SMILES string of the molecule is CC(C)[C@H](NC(=O)c1cccc(S(=O)(=O)N(C)C)c1)c1ccc2c(c1)OCCCO2. The molecule has 2 aromatic rings. The van der Waals surface area contributed by atoms with Crippen LogP contribution in [0.3, 0.4) is 0 Å². The van der Waals surface area contributed by atoms with Crippen molar-refractivity contribution in [1.29, 1.82) is 0 Å². The van der Waals surface area contributed by atoms with E-state index in [1.165, 1.54) is 26.2 Å². The van der Waals surface area contributed by atoms with E-state index >= 15 is 0 Å². The molecule has 0 spiro atoms. The van der Waals surface area contributed by atoms with Gasteiger partial charge in [0.1, 0.15) is 0 Å². The van der Waals surface area contributed by atoms with Crippen molar-refractivity contribution < 1.29 is 22.7 Å². The molecule has 1 amide bonds. The average Bonchev–Trinajstić information content (AvgIpc) is 2.96. The lowest BCUT2D eigenvalue weighted by Gasteiger charge is -2.24. The van der Waals surface area contributed by atoms with Gasteiger partial charge in [-0.25, -0.2) is 12.7 Å². The van der Waals surface area contributed by atoms with E-state index in [2.05, 4.69) is 5.32 Å². The largest absolute Gasteiger partial charge is 0.490 e. The van der Waals surface area contributed by atoms with Crippen molar-refractivity contribution in [1.82, 2.24) is 9.62 Å². The summed E-state index contributed by atoms with van der Waals surface area (Å²) in [5.41, 5.74) is 1.19. The number of amides is 1. The number of sulfonamides is 1. The number of nitrogens with one attached hydrogen (secondary N) is 1. The van der Waals surface area contributed by atoms with Gasteiger partial charge in [-0.3, -0.25) is 4.79 Å². The summed E-state index contributed by atoms with van der Waals surface area (Å²) >= 11 is 0. The van der Waals surface area contributed by atoms with Crippen molar-refractivity contribution in [2.75, 3.05) is 27.3 Å². The molecule has 1 aliphatic rings. The monoisotopic (exact) mass is 432 g/mol. The third kappa shape index (κ3) is 4.76. The van der Waals surface area contributed by atoms with Crippen LogP contribution in [0.15, 0.2) is 47.4 Å². The summed E-state index contributed by atoms with van der Waals surface area (Å²) in [6.45, 7) is 5.23. The van der Waals surface area contributed by atoms with Crippen LogP contribution in [0.4, 0.5) is 0 Å². The van der Waals surface area contributed by atoms with Gasteiger partial charge in [0.2, 0.25) is 10.0 Å². The van der Waals surface area contributed by atoms with Crippen molar-refractivity contribution in [2.24, 2.45) is 5.92 Å². The van der Waals surface area contributed by atoms with Crippen LogP contribution in [-0.2, 0) is 10.0 Å². The van der Waals surface area contributed by atoms with Gasteiger partial charge in [0.15, 0.2) is 11.5 Å². The molecule has 0 aromatic heterocycles. The number of fused-ring (bicyclic) bond motifs is 1. The first kappa shape index (κ1) is 22.1. The molecule has 7 nitrogen and oxygen atoms in total. The van der Waals surface area contributed by atoms with E-state index in [1.54, 1.807) is 12.1 Å². The molecule has 0 aliphatic carbocycles. The molecule has 0 unspecified atom stereocenters. The van der Waals surface area contributed by atoms with Crippen LogP contribution in [0, 0.1) is 5.92 Å². The van der Waals surface area contributed by atoms with Gasteiger partial charge in [-0.2, -0.15) is 0 Å². The Kier molecular flexibility index (Phi) is 6.67. The number of carbonyl (C=O) groups excluding carboxylic acids is 1. The van der Waals surface area contributed by atoms with Gasteiger partial charge in [-0.1, -0.05) is 26.0 Å². The number of carbonyl (C=O) groups is 1. The van der Waals surface area contributed by atoms with E-state index in [-0.39, 0.29) is 28.3 Å². The second-order valence-electron chi connectivity index (χ2n) is 7.77. The Labute approximate surface area is 178 Å². The van der Waals surface area contributed by atoms with Gasteiger partial charge in [0.05, 0.1) is 24.2 Å². The zero-order valence-electron chi connectivity index (χ0n) is 17.7. The Morgan fingerprint density at radius 2 is 1.73 bits per heavy atom. The standard InChI is InChI=1S/C22H28N2O5S/c1-15(2)21(16-9-10-19-20(14-16)29-12-6-11-28-19)23-22(25)17-7-5-8-18(13-17)30(26,27)24(3)4/h5,7-10,13-15,21H,6,11-12H2,1-4H3,(H,23,25)/t21-/m0/s1. The topological polar surface area (TPSA) is 84.9 Å². The summed E-state index contributed by atoms with van der Waals surface area (Å²) in [6.07, 6.45) is 0.820. The van der Waals surface area contributed by atoms with E-state index in [0.29, 0.717) is 24.7 Å². The van der Waals surface area contributed by atoms with Crippen molar-refractivity contribution in [3.05, 3.63) is 53.6 Å². The number of ether oxygens (including phenoxy) is 2. The Hall–Kier alpha value is -2.58. The summed E-state index contributed by atoms with van der Waals surface area (Å²) < 4.78 is 37.4. The molecule has 0 radical (unpaired) electrons. The summed E-state index contributed by atoms with van der Waals surface area (Å²) in [7, 11) is -0.702. The number of hydrogen-bond donors (Lipinski definition) is 1. The van der Waals surface area contributed by atoms with Crippen LogP contribution in [0.2, 0.25) is 0 Å². The van der Waals surface area contributed by atoms with Gasteiger partial charge in [-0.05, 0) is 41.8 Å². The van der Waals surface area contributed by atoms with Crippen LogP contribution in [0.1, 0.15) is 42.2 Å². The molecule has 3 rings (SSSR count). The molecule has 1 aliphatic heterocycles. The molecule has 0 bridgehead atoms. The predicted molar refractivity (Wildman–Crippen MR) is 114 cm³/mol. The normalized spacial score (nSPS) is 15.0. The van der Waals surface area contributed by atoms with Crippen LogP contribution in [-0.4, -0.2) is 45.9 Å². The zero-order valence-corrected chi connectivity index (χ0v) is 18.5. The van der Waals surface area contributed by atoms with Gasteiger partial charge in [0, 0.05) is 26.1 Å². The highest BCUT2D eigenvalue weighted by molar-refractivity contribution is 7.89.